The predicted molar refractivity (Wildman–Crippen MR) is 127 cm³/mol. The van der Waals surface area contributed by atoms with Crippen molar-refractivity contribution in [1.29, 1.82) is 0 Å². The molecule has 1 N–H and O–H groups in total. The Labute approximate surface area is 193 Å². The maximum Gasteiger partial charge on any atom is 0.199 e. The molecule has 0 saturated carbocycles. The molecule has 6 nitrogen and oxygen atoms in total. The van der Waals surface area contributed by atoms with Gasteiger partial charge in [-0.2, -0.15) is 0 Å². The third kappa shape index (κ3) is 4.47. The highest BCUT2D eigenvalue weighted by atomic mass is 35.5. The summed E-state index contributed by atoms with van der Waals surface area (Å²) >= 11 is 8.09. The molecule has 0 bridgehead atoms. The van der Waals surface area contributed by atoms with Crippen LogP contribution in [0, 0.1) is 0 Å². The molecule has 0 spiro atoms. The molecule has 2 atom stereocenters. The summed E-state index contributed by atoms with van der Waals surface area (Å²) in [6.45, 7) is 3.44. The zero-order valence-electron chi connectivity index (χ0n) is 18.1. The number of nitrogens with one attached hydrogen (secondary N) is 1. The SMILES string of the molecule is COC1(c2ccc(Cl)cc2)CCN(C2=NC3CCSC3C(=NC3CCOCC3)N2)CC1. The van der Waals surface area contributed by atoms with Crippen molar-refractivity contribution < 1.29 is 9.47 Å². The third-order valence-corrected chi connectivity index (χ3v) is 8.62. The number of ether oxygens (including phenoxy) is 2. The number of benzene rings is 1. The maximum absolute atomic E-state index is 6.10. The predicted octanol–water partition coefficient (Wildman–Crippen LogP) is 3.69. The van der Waals surface area contributed by atoms with Gasteiger partial charge in [-0.25, -0.2) is 4.99 Å². The summed E-state index contributed by atoms with van der Waals surface area (Å²) in [5.41, 5.74) is 0.938. The van der Waals surface area contributed by atoms with Crippen molar-refractivity contribution >= 4 is 35.2 Å². The number of amidine groups is 1. The molecule has 0 radical (unpaired) electrons. The standard InChI is InChI=1S/C23H31ClN4O2S/c1-29-23(16-2-4-17(24)5-3-16)9-11-28(12-10-23)22-26-19-8-15-31-20(19)21(27-22)25-18-6-13-30-14-7-18/h2-5,18-20H,6-15H2,1H3,(H,25,26,27). The Balaban J connectivity index is 1.31. The van der Waals surface area contributed by atoms with E-state index in [4.69, 9.17) is 31.1 Å². The van der Waals surface area contributed by atoms with Gasteiger partial charge < -0.3 is 19.7 Å². The van der Waals surface area contributed by atoms with E-state index in [1.807, 2.05) is 31.0 Å². The molecular formula is C23H31ClN4O2S. The Hall–Kier alpha value is -1.28. The summed E-state index contributed by atoms with van der Waals surface area (Å²) in [4.78, 5) is 12.6. The van der Waals surface area contributed by atoms with Crippen LogP contribution in [0.2, 0.25) is 5.02 Å². The summed E-state index contributed by atoms with van der Waals surface area (Å²) in [5.74, 6) is 3.28. The van der Waals surface area contributed by atoms with Crippen molar-refractivity contribution in [2.45, 2.75) is 55.0 Å². The molecule has 3 saturated heterocycles. The first-order valence-electron chi connectivity index (χ1n) is 11.3. The van der Waals surface area contributed by atoms with Crippen LogP contribution in [0.4, 0.5) is 0 Å². The lowest BCUT2D eigenvalue weighted by Crippen LogP contribution is -2.56. The van der Waals surface area contributed by atoms with Gasteiger partial charge in [0.1, 0.15) is 5.84 Å². The molecule has 168 valence electrons. The summed E-state index contributed by atoms with van der Waals surface area (Å²) < 4.78 is 11.6. The van der Waals surface area contributed by atoms with Crippen molar-refractivity contribution in [3.8, 4) is 0 Å². The van der Waals surface area contributed by atoms with Gasteiger partial charge in [0, 0.05) is 38.4 Å². The number of aliphatic imine (C=N–C) groups is 2. The first-order valence-corrected chi connectivity index (χ1v) is 12.8. The zero-order chi connectivity index (χ0) is 21.3. The fourth-order valence-corrected chi connectivity index (χ4v) is 6.52. The minimum absolute atomic E-state index is 0.263. The molecule has 4 aliphatic rings. The van der Waals surface area contributed by atoms with Gasteiger partial charge in [0.2, 0.25) is 0 Å². The van der Waals surface area contributed by atoms with Crippen LogP contribution >= 0.6 is 23.4 Å². The minimum atomic E-state index is -0.263. The smallest absolute Gasteiger partial charge is 0.199 e. The molecule has 0 amide bonds. The van der Waals surface area contributed by atoms with Gasteiger partial charge in [0.15, 0.2) is 5.96 Å². The largest absolute Gasteiger partial charge is 0.381 e. The normalized spacial score (nSPS) is 30.1. The molecular weight excluding hydrogens is 432 g/mol. The van der Waals surface area contributed by atoms with Gasteiger partial charge in [-0.3, -0.25) is 4.99 Å². The van der Waals surface area contributed by atoms with E-state index >= 15 is 0 Å². The van der Waals surface area contributed by atoms with Crippen molar-refractivity contribution in [2.24, 2.45) is 9.98 Å². The minimum Gasteiger partial charge on any atom is -0.381 e. The quantitative estimate of drug-likeness (QED) is 0.742. The molecule has 2 unspecified atom stereocenters. The lowest BCUT2D eigenvalue weighted by molar-refractivity contribution is -0.0529. The molecule has 0 aromatic heterocycles. The lowest BCUT2D eigenvalue weighted by atomic mass is 9.84. The Morgan fingerprint density at radius 3 is 2.65 bits per heavy atom. The van der Waals surface area contributed by atoms with E-state index < -0.39 is 0 Å². The summed E-state index contributed by atoms with van der Waals surface area (Å²) in [6, 6.07) is 8.80. The molecule has 0 aliphatic carbocycles. The number of fused-ring (bicyclic) bond motifs is 1. The molecule has 4 aliphatic heterocycles. The zero-order valence-corrected chi connectivity index (χ0v) is 19.6. The van der Waals surface area contributed by atoms with Crippen molar-refractivity contribution in [1.82, 2.24) is 10.2 Å². The molecule has 3 fully saturated rings. The van der Waals surface area contributed by atoms with Gasteiger partial charge in [-0.1, -0.05) is 23.7 Å². The van der Waals surface area contributed by atoms with E-state index in [9.17, 15) is 0 Å². The Kier molecular flexibility index (Phi) is 6.47. The molecule has 5 rings (SSSR count). The number of thioether (sulfide) groups is 1. The number of nitrogens with zero attached hydrogens (tertiary/aromatic N) is 3. The van der Waals surface area contributed by atoms with E-state index in [1.165, 1.54) is 5.56 Å². The Bertz CT molecular complexity index is 832. The van der Waals surface area contributed by atoms with Crippen LogP contribution in [0.1, 0.15) is 37.7 Å². The average Bonchev–Trinajstić information content (AvgIpc) is 3.29. The fraction of sp³-hybridized carbons (Fsp3) is 0.652. The number of guanidine groups is 1. The van der Waals surface area contributed by atoms with Crippen LogP contribution in [-0.2, 0) is 15.1 Å². The summed E-state index contributed by atoms with van der Waals surface area (Å²) in [7, 11) is 1.82. The van der Waals surface area contributed by atoms with E-state index in [1.54, 1.807) is 0 Å². The second kappa shape index (κ2) is 9.30. The number of halogens is 1. The Morgan fingerprint density at radius 1 is 1.19 bits per heavy atom. The first kappa shape index (κ1) is 21.6. The van der Waals surface area contributed by atoms with Crippen LogP contribution in [0.5, 0.6) is 0 Å². The van der Waals surface area contributed by atoms with Crippen LogP contribution in [-0.4, -0.2) is 73.2 Å². The highest BCUT2D eigenvalue weighted by molar-refractivity contribution is 8.01. The third-order valence-electron chi connectivity index (χ3n) is 7.00. The molecule has 1 aromatic rings. The van der Waals surface area contributed by atoms with Gasteiger partial charge in [0.25, 0.3) is 0 Å². The van der Waals surface area contributed by atoms with Crippen molar-refractivity contribution in [2.75, 3.05) is 39.2 Å². The summed E-state index contributed by atoms with van der Waals surface area (Å²) in [5, 5.41) is 4.78. The number of hydrogen-bond acceptors (Lipinski definition) is 6. The van der Waals surface area contributed by atoms with Gasteiger partial charge >= 0.3 is 0 Å². The topological polar surface area (TPSA) is 58.5 Å². The number of likely N-dealkylation sites (tertiary alicyclic amines) is 1. The molecule has 4 heterocycles. The second-order valence-electron chi connectivity index (χ2n) is 8.78. The second-order valence-corrected chi connectivity index (χ2v) is 10.5. The molecule has 8 heteroatoms. The lowest BCUT2D eigenvalue weighted by Gasteiger charge is -2.43. The average molecular weight is 463 g/mol. The van der Waals surface area contributed by atoms with E-state index in [0.29, 0.717) is 17.3 Å². The van der Waals surface area contributed by atoms with Gasteiger partial charge in [0.05, 0.1) is 22.9 Å². The van der Waals surface area contributed by atoms with Crippen LogP contribution in [0.15, 0.2) is 34.3 Å². The monoisotopic (exact) mass is 462 g/mol. The van der Waals surface area contributed by atoms with Crippen LogP contribution in [0.25, 0.3) is 0 Å². The van der Waals surface area contributed by atoms with Crippen LogP contribution in [0.3, 0.4) is 0 Å². The molecule has 31 heavy (non-hydrogen) atoms. The van der Waals surface area contributed by atoms with E-state index in [2.05, 4.69) is 22.3 Å². The van der Waals surface area contributed by atoms with E-state index in [-0.39, 0.29) is 5.60 Å². The number of methoxy groups -OCH3 is 1. The fourth-order valence-electron chi connectivity index (χ4n) is 5.07. The molecule has 1 aromatic carbocycles. The number of hydrogen-bond donors (Lipinski definition) is 1. The van der Waals surface area contributed by atoms with Crippen molar-refractivity contribution in [3.63, 3.8) is 0 Å². The highest BCUT2D eigenvalue weighted by Gasteiger charge is 2.41. The highest BCUT2D eigenvalue weighted by Crippen LogP contribution is 2.38. The van der Waals surface area contributed by atoms with Crippen molar-refractivity contribution in [3.05, 3.63) is 34.9 Å². The van der Waals surface area contributed by atoms with Crippen LogP contribution < -0.4 is 5.32 Å². The van der Waals surface area contributed by atoms with E-state index in [0.717, 1.165) is 81.0 Å². The number of rotatable bonds is 3. The van der Waals surface area contributed by atoms with Gasteiger partial charge in [-0.15, -0.1) is 11.8 Å². The number of piperidine rings is 1. The summed E-state index contributed by atoms with van der Waals surface area (Å²) in [6.07, 6.45) is 5.00. The first-order chi connectivity index (χ1) is 15.2. The maximum atomic E-state index is 6.10. The van der Waals surface area contributed by atoms with Gasteiger partial charge in [-0.05, 0) is 55.6 Å². The Morgan fingerprint density at radius 2 is 1.94 bits per heavy atom.